The van der Waals surface area contributed by atoms with Crippen molar-refractivity contribution >= 4 is 5.69 Å². The average molecular weight is 312 g/mol. The van der Waals surface area contributed by atoms with Crippen molar-refractivity contribution < 1.29 is 0 Å². The first kappa shape index (κ1) is 15.1. The van der Waals surface area contributed by atoms with Crippen molar-refractivity contribution in [2.75, 3.05) is 19.0 Å². The fourth-order valence-electron chi connectivity index (χ4n) is 2.82. The topological polar surface area (TPSA) is 63.0 Å². The third-order valence-electron chi connectivity index (χ3n) is 4.21. The Morgan fingerprint density at radius 1 is 1.04 bits per heavy atom. The molecule has 1 heterocycles. The zero-order valence-corrected chi connectivity index (χ0v) is 13.4. The van der Waals surface area contributed by atoms with Crippen LogP contribution in [0, 0.1) is 0 Å². The van der Waals surface area contributed by atoms with Gasteiger partial charge in [0.2, 0.25) is 0 Å². The molecule has 0 radical (unpaired) electrons. The molecule has 0 spiro atoms. The van der Waals surface area contributed by atoms with Crippen LogP contribution >= 0.6 is 0 Å². The Kier molecular flexibility index (Phi) is 3.82. The fraction of sp³-hybridized carbons (Fsp3) is 0.294. The summed E-state index contributed by atoms with van der Waals surface area (Å²) >= 11 is 0. The van der Waals surface area contributed by atoms with Gasteiger partial charge in [-0.05, 0) is 17.7 Å². The molecule has 120 valence electrons. The van der Waals surface area contributed by atoms with Crippen molar-refractivity contribution in [2.45, 2.75) is 12.0 Å². The molecule has 1 aromatic heterocycles. The first-order chi connectivity index (χ1) is 11.0. The van der Waals surface area contributed by atoms with E-state index in [1.807, 2.05) is 43.3 Å². The minimum atomic E-state index is -0.403. The van der Waals surface area contributed by atoms with E-state index < -0.39 is 5.69 Å². The third kappa shape index (κ3) is 2.67. The predicted molar refractivity (Wildman–Crippen MR) is 91.1 cm³/mol. The molecule has 6 heteroatoms. The van der Waals surface area contributed by atoms with Crippen molar-refractivity contribution in [2.24, 2.45) is 7.05 Å². The molecule has 2 atom stereocenters. The van der Waals surface area contributed by atoms with E-state index in [9.17, 15) is 9.59 Å². The summed E-state index contributed by atoms with van der Waals surface area (Å²) in [4.78, 5) is 26.0. The van der Waals surface area contributed by atoms with Gasteiger partial charge in [-0.3, -0.25) is 0 Å². The maximum absolute atomic E-state index is 12.2. The Morgan fingerprint density at radius 2 is 1.70 bits per heavy atom. The van der Waals surface area contributed by atoms with E-state index in [0.29, 0.717) is 0 Å². The van der Waals surface area contributed by atoms with E-state index in [0.717, 1.165) is 15.8 Å². The molecule has 0 aliphatic heterocycles. The molecule has 2 aromatic rings. The summed E-state index contributed by atoms with van der Waals surface area (Å²) in [5.41, 5.74) is 1.47. The second-order valence-electron chi connectivity index (χ2n) is 5.90. The van der Waals surface area contributed by atoms with Crippen LogP contribution in [0.3, 0.4) is 0 Å². The molecule has 1 aliphatic carbocycles. The molecule has 1 N–H and O–H groups in total. The SMILES string of the molecule is CN(C)c1ccc([C@H]2C=CC=C[C@@H]2n2[nH]c(=O)n(C)c2=O)cc1. The zero-order valence-electron chi connectivity index (χ0n) is 13.4. The lowest BCUT2D eigenvalue weighted by molar-refractivity contribution is 0.472. The predicted octanol–water partition coefficient (Wildman–Crippen LogP) is 1.39. The highest BCUT2D eigenvalue weighted by atomic mass is 16.2. The highest BCUT2D eigenvalue weighted by Crippen LogP contribution is 2.33. The quantitative estimate of drug-likeness (QED) is 0.931. The van der Waals surface area contributed by atoms with E-state index in [-0.39, 0.29) is 17.6 Å². The van der Waals surface area contributed by atoms with Crippen LogP contribution in [0.2, 0.25) is 0 Å². The Labute approximate surface area is 134 Å². The van der Waals surface area contributed by atoms with E-state index in [1.165, 1.54) is 11.7 Å². The third-order valence-corrected chi connectivity index (χ3v) is 4.21. The molecular weight excluding hydrogens is 292 g/mol. The van der Waals surface area contributed by atoms with Crippen molar-refractivity contribution in [3.63, 3.8) is 0 Å². The Balaban J connectivity index is 2.01. The van der Waals surface area contributed by atoms with E-state index >= 15 is 0 Å². The standard InChI is InChI=1S/C17H20N4O2/c1-19(2)13-10-8-12(9-11-13)14-6-4-5-7-15(14)21-17(23)20(3)16(22)18-21/h4-11,14-15H,1-3H3,(H,18,22)/t14-,15+/m1/s1. The minimum Gasteiger partial charge on any atom is -0.378 e. The van der Waals surface area contributed by atoms with Crippen LogP contribution in [-0.2, 0) is 7.05 Å². The van der Waals surface area contributed by atoms with Gasteiger partial charge in [-0.2, -0.15) is 0 Å². The van der Waals surface area contributed by atoms with Gasteiger partial charge in [0.25, 0.3) is 0 Å². The number of rotatable bonds is 3. The zero-order chi connectivity index (χ0) is 16.6. The average Bonchev–Trinajstić information content (AvgIpc) is 2.82. The van der Waals surface area contributed by atoms with Crippen LogP contribution in [0.1, 0.15) is 17.5 Å². The van der Waals surface area contributed by atoms with E-state index in [4.69, 9.17) is 0 Å². The van der Waals surface area contributed by atoms with Gasteiger partial charge in [-0.25, -0.2) is 23.9 Å². The molecular formula is C17H20N4O2. The van der Waals surface area contributed by atoms with Gasteiger partial charge in [0.15, 0.2) is 0 Å². The van der Waals surface area contributed by atoms with Gasteiger partial charge >= 0.3 is 11.4 Å². The first-order valence-corrected chi connectivity index (χ1v) is 7.49. The molecule has 0 amide bonds. The molecule has 1 aromatic carbocycles. The largest absolute Gasteiger partial charge is 0.378 e. The molecule has 0 saturated heterocycles. The summed E-state index contributed by atoms with van der Waals surface area (Å²) in [6.45, 7) is 0. The molecule has 0 bridgehead atoms. The summed E-state index contributed by atoms with van der Waals surface area (Å²) < 4.78 is 2.48. The number of benzene rings is 1. The number of allylic oxidation sites excluding steroid dienone is 4. The highest BCUT2D eigenvalue weighted by Gasteiger charge is 2.25. The normalized spacial score (nSPS) is 20.0. The van der Waals surface area contributed by atoms with Crippen LogP contribution in [0.15, 0.2) is 58.2 Å². The molecule has 23 heavy (non-hydrogen) atoms. The lowest BCUT2D eigenvalue weighted by Gasteiger charge is -2.25. The second kappa shape index (κ2) is 5.79. The molecule has 6 nitrogen and oxygen atoms in total. The smallest absolute Gasteiger partial charge is 0.347 e. The molecule has 1 aliphatic rings. The minimum absolute atomic E-state index is 0.00744. The number of nitrogens with zero attached hydrogens (tertiary/aromatic N) is 3. The highest BCUT2D eigenvalue weighted by molar-refractivity contribution is 5.47. The Morgan fingerprint density at radius 3 is 2.26 bits per heavy atom. The van der Waals surface area contributed by atoms with Crippen LogP contribution < -0.4 is 16.3 Å². The van der Waals surface area contributed by atoms with Gasteiger partial charge < -0.3 is 4.90 Å². The Hall–Kier alpha value is -2.76. The summed E-state index contributed by atoms with van der Waals surface area (Å²) in [7, 11) is 5.46. The summed E-state index contributed by atoms with van der Waals surface area (Å²) in [6.07, 6.45) is 7.84. The number of H-pyrrole nitrogens is 1. The van der Waals surface area contributed by atoms with Gasteiger partial charge in [0.05, 0.1) is 6.04 Å². The summed E-state index contributed by atoms with van der Waals surface area (Å²) in [6, 6.07) is 7.97. The van der Waals surface area contributed by atoms with Crippen molar-refractivity contribution in [3.8, 4) is 0 Å². The molecule has 0 unspecified atom stereocenters. The van der Waals surface area contributed by atoms with E-state index in [1.54, 1.807) is 0 Å². The fourth-order valence-corrected chi connectivity index (χ4v) is 2.82. The number of hydrogen-bond acceptors (Lipinski definition) is 3. The first-order valence-electron chi connectivity index (χ1n) is 7.49. The van der Waals surface area contributed by atoms with Crippen LogP contribution in [0.25, 0.3) is 0 Å². The lowest BCUT2D eigenvalue weighted by Crippen LogP contribution is -2.30. The maximum atomic E-state index is 12.2. The lowest BCUT2D eigenvalue weighted by atomic mass is 9.88. The van der Waals surface area contributed by atoms with Crippen LogP contribution in [0.4, 0.5) is 5.69 Å². The number of anilines is 1. The maximum Gasteiger partial charge on any atom is 0.347 e. The van der Waals surface area contributed by atoms with Crippen molar-refractivity contribution in [1.29, 1.82) is 0 Å². The van der Waals surface area contributed by atoms with Crippen molar-refractivity contribution in [3.05, 3.63) is 75.1 Å². The summed E-state index contributed by atoms with van der Waals surface area (Å²) in [5, 5.41) is 2.63. The van der Waals surface area contributed by atoms with E-state index in [2.05, 4.69) is 29.4 Å². The monoisotopic (exact) mass is 312 g/mol. The molecule has 3 rings (SSSR count). The second-order valence-corrected chi connectivity index (χ2v) is 5.90. The van der Waals surface area contributed by atoms with Gasteiger partial charge in [0.1, 0.15) is 0 Å². The number of hydrogen-bond donors (Lipinski definition) is 1. The summed E-state index contributed by atoms with van der Waals surface area (Å²) in [5.74, 6) is -0.00744. The van der Waals surface area contributed by atoms with Gasteiger partial charge in [0, 0.05) is 32.7 Å². The van der Waals surface area contributed by atoms with Crippen LogP contribution in [-0.4, -0.2) is 28.4 Å². The van der Waals surface area contributed by atoms with Crippen LogP contribution in [0.5, 0.6) is 0 Å². The van der Waals surface area contributed by atoms with Gasteiger partial charge in [-0.15, -0.1) is 0 Å². The number of nitrogens with one attached hydrogen (secondary N) is 1. The number of aromatic nitrogens is 3. The van der Waals surface area contributed by atoms with Crippen molar-refractivity contribution in [1.82, 2.24) is 14.3 Å². The Bertz CT molecular complexity index is 865. The number of aromatic amines is 1. The van der Waals surface area contributed by atoms with Gasteiger partial charge in [-0.1, -0.05) is 36.4 Å². The molecule has 0 fully saturated rings. The molecule has 0 saturated carbocycles.